The Balaban J connectivity index is 3.00. The number of rotatable bonds is 9. The molecular formula is C24H37NO5. The van der Waals surface area contributed by atoms with E-state index in [4.69, 9.17) is 14.2 Å². The van der Waals surface area contributed by atoms with E-state index in [0.29, 0.717) is 12.5 Å². The lowest BCUT2D eigenvalue weighted by Gasteiger charge is -2.22. The Labute approximate surface area is 181 Å². The average Bonchev–Trinajstić information content (AvgIpc) is 2.60. The largest absolute Gasteiger partial charge is 0.478 e. The molecule has 0 amide bonds. The van der Waals surface area contributed by atoms with E-state index in [9.17, 15) is 9.59 Å². The number of carbonyl (C=O) groups excluding carboxylic acids is 2. The van der Waals surface area contributed by atoms with Crippen LogP contribution < -0.4 is 4.74 Å². The maximum absolute atomic E-state index is 12.6. The maximum atomic E-state index is 12.6. The fraction of sp³-hybridized carbons (Fsp3) is 0.583. The smallest absolute Gasteiger partial charge is 0.338 e. The molecule has 0 spiro atoms. The molecular weight excluding hydrogens is 382 g/mol. The van der Waals surface area contributed by atoms with Gasteiger partial charge in [-0.3, -0.25) is 4.90 Å². The quantitative estimate of drug-likeness (QED) is 0.237. The molecule has 1 rings (SSSR count). The van der Waals surface area contributed by atoms with Crippen LogP contribution in [0.5, 0.6) is 5.75 Å². The first-order valence-electron chi connectivity index (χ1n) is 10.3. The molecule has 0 saturated carbocycles. The molecule has 1 aromatic carbocycles. The van der Waals surface area contributed by atoms with Gasteiger partial charge in [-0.15, -0.1) is 0 Å². The highest BCUT2D eigenvalue weighted by atomic mass is 16.6. The van der Waals surface area contributed by atoms with E-state index >= 15 is 0 Å². The van der Waals surface area contributed by atoms with Gasteiger partial charge in [0.2, 0.25) is 0 Å². The first-order valence-corrected chi connectivity index (χ1v) is 10.3. The Morgan fingerprint density at radius 1 is 0.933 bits per heavy atom. The average molecular weight is 420 g/mol. The molecule has 0 aliphatic carbocycles. The summed E-state index contributed by atoms with van der Waals surface area (Å²) >= 11 is 0. The molecule has 0 heterocycles. The van der Waals surface area contributed by atoms with Gasteiger partial charge in [0.1, 0.15) is 23.7 Å². The summed E-state index contributed by atoms with van der Waals surface area (Å²) in [6.45, 7) is 14.0. The van der Waals surface area contributed by atoms with Crippen molar-refractivity contribution >= 4 is 11.9 Å². The van der Waals surface area contributed by atoms with Crippen molar-refractivity contribution in [3.8, 4) is 5.75 Å². The highest BCUT2D eigenvalue weighted by Crippen LogP contribution is 2.22. The van der Waals surface area contributed by atoms with Crippen LogP contribution >= 0.6 is 0 Å². The molecule has 168 valence electrons. The predicted octanol–water partition coefficient (Wildman–Crippen LogP) is 5.22. The number of carbonyl (C=O) groups is 2. The van der Waals surface area contributed by atoms with Crippen molar-refractivity contribution in [2.75, 3.05) is 20.3 Å². The number of allylic oxidation sites excluding steroid dienone is 2. The fourth-order valence-electron chi connectivity index (χ4n) is 2.49. The molecule has 6 nitrogen and oxygen atoms in total. The Kier molecular flexibility index (Phi) is 9.56. The van der Waals surface area contributed by atoms with Gasteiger partial charge in [0.15, 0.2) is 0 Å². The number of hydrogen-bond acceptors (Lipinski definition) is 6. The van der Waals surface area contributed by atoms with Gasteiger partial charge < -0.3 is 14.2 Å². The molecule has 6 heteroatoms. The Morgan fingerprint density at radius 2 is 1.43 bits per heavy atom. The first-order chi connectivity index (χ1) is 13.8. The molecule has 0 unspecified atom stereocenters. The van der Waals surface area contributed by atoms with Crippen molar-refractivity contribution in [3.63, 3.8) is 0 Å². The summed E-state index contributed by atoms with van der Waals surface area (Å²) in [5, 5.41) is 0. The topological polar surface area (TPSA) is 65.1 Å². The molecule has 0 aliphatic heterocycles. The zero-order chi connectivity index (χ0) is 22.9. The molecule has 0 radical (unpaired) electrons. The van der Waals surface area contributed by atoms with Gasteiger partial charge in [0.25, 0.3) is 0 Å². The number of unbranched alkanes of at least 4 members (excludes halogenated alkanes) is 1. The summed E-state index contributed by atoms with van der Waals surface area (Å²) in [5.74, 6) is -0.616. The second kappa shape index (κ2) is 11.2. The molecule has 0 aromatic heterocycles. The third-order valence-electron chi connectivity index (χ3n) is 3.77. The van der Waals surface area contributed by atoms with E-state index in [1.807, 2.05) is 24.9 Å². The number of benzene rings is 1. The van der Waals surface area contributed by atoms with Crippen LogP contribution in [-0.4, -0.2) is 48.4 Å². The van der Waals surface area contributed by atoms with Crippen LogP contribution in [0.1, 0.15) is 82.0 Å². The number of nitrogens with zero attached hydrogens (tertiary/aromatic N) is 1. The van der Waals surface area contributed by atoms with Gasteiger partial charge in [-0.1, -0.05) is 12.2 Å². The molecule has 30 heavy (non-hydrogen) atoms. The van der Waals surface area contributed by atoms with Crippen molar-refractivity contribution < 1.29 is 23.8 Å². The van der Waals surface area contributed by atoms with Gasteiger partial charge in [-0.25, -0.2) is 9.59 Å². The highest BCUT2D eigenvalue weighted by Gasteiger charge is 2.23. The summed E-state index contributed by atoms with van der Waals surface area (Å²) in [4.78, 5) is 27.2. The van der Waals surface area contributed by atoms with Crippen molar-refractivity contribution in [2.24, 2.45) is 0 Å². The van der Waals surface area contributed by atoms with E-state index < -0.39 is 23.1 Å². The zero-order valence-corrected chi connectivity index (χ0v) is 19.7. The van der Waals surface area contributed by atoms with Gasteiger partial charge >= 0.3 is 11.9 Å². The van der Waals surface area contributed by atoms with E-state index in [-0.39, 0.29) is 11.1 Å². The summed E-state index contributed by atoms with van der Waals surface area (Å²) in [7, 11) is 1.96. The van der Waals surface area contributed by atoms with Crippen LogP contribution in [0.3, 0.4) is 0 Å². The minimum absolute atomic E-state index is 0.249. The van der Waals surface area contributed by atoms with Crippen LogP contribution in [0.25, 0.3) is 0 Å². The molecule has 0 bridgehead atoms. The number of ether oxygens (including phenoxy) is 3. The Morgan fingerprint density at radius 3 is 1.87 bits per heavy atom. The molecule has 0 saturated heterocycles. The van der Waals surface area contributed by atoms with Crippen molar-refractivity contribution in [2.45, 2.75) is 72.5 Å². The molecule has 0 aliphatic rings. The summed E-state index contributed by atoms with van der Waals surface area (Å²) < 4.78 is 16.8. The van der Waals surface area contributed by atoms with Gasteiger partial charge in [0, 0.05) is 6.54 Å². The highest BCUT2D eigenvalue weighted by molar-refractivity contribution is 5.96. The lowest BCUT2D eigenvalue weighted by Crippen LogP contribution is -2.26. The van der Waals surface area contributed by atoms with Crippen LogP contribution in [0.4, 0.5) is 0 Å². The lowest BCUT2D eigenvalue weighted by molar-refractivity contribution is 0.00676. The molecule has 0 fully saturated rings. The van der Waals surface area contributed by atoms with Crippen molar-refractivity contribution in [1.29, 1.82) is 0 Å². The second-order valence-electron chi connectivity index (χ2n) is 9.31. The normalized spacial score (nSPS) is 12.3. The standard InChI is InChI=1S/C24H37NO5/c1-9-10-11-12-13-25(8)17-28-20-15-18(21(26)29-23(2,3)4)14-19(16-20)22(27)30-24(5,6)7/h9-10,14-16H,11-13,17H2,1-8H3/b10-9+. The Bertz CT molecular complexity index is 695. The Hall–Kier alpha value is -2.34. The van der Waals surface area contributed by atoms with Gasteiger partial charge in [0.05, 0.1) is 11.1 Å². The second-order valence-corrected chi connectivity index (χ2v) is 9.31. The predicted molar refractivity (Wildman–Crippen MR) is 119 cm³/mol. The first kappa shape index (κ1) is 25.7. The summed E-state index contributed by atoms with van der Waals surface area (Å²) in [6.07, 6.45) is 6.20. The molecule has 1 aromatic rings. The van der Waals surface area contributed by atoms with Crippen molar-refractivity contribution in [3.05, 3.63) is 41.5 Å². The van der Waals surface area contributed by atoms with Crippen molar-refractivity contribution in [1.82, 2.24) is 4.90 Å². The number of esters is 2. The zero-order valence-electron chi connectivity index (χ0n) is 19.7. The lowest BCUT2D eigenvalue weighted by atomic mass is 10.1. The fourth-order valence-corrected chi connectivity index (χ4v) is 2.49. The molecule has 0 atom stereocenters. The molecule has 0 N–H and O–H groups in total. The maximum Gasteiger partial charge on any atom is 0.338 e. The minimum Gasteiger partial charge on any atom is -0.478 e. The minimum atomic E-state index is -0.646. The third kappa shape index (κ3) is 10.4. The van der Waals surface area contributed by atoms with Crippen LogP contribution in [0.15, 0.2) is 30.4 Å². The summed E-state index contributed by atoms with van der Waals surface area (Å²) in [6, 6.07) is 4.67. The van der Waals surface area contributed by atoms with Crippen LogP contribution in [0.2, 0.25) is 0 Å². The number of hydrogen-bond donors (Lipinski definition) is 0. The van der Waals surface area contributed by atoms with E-state index in [1.54, 1.807) is 53.7 Å². The van der Waals surface area contributed by atoms with Gasteiger partial charge in [-0.2, -0.15) is 0 Å². The van der Waals surface area contributed by atoms with E-state index in [1.165, 1.54) is 6.07 Å². The van der Waals surface area contributed by atoms with Gasteiger partial charge in [-0.05, 0) is 86.6 Å². The monoisotopic (exact) mass is 419 g/mol. The van der Waals surface area contributed by atoms with E-state index in [2.05, 4.69) is 6.08 Å². The third-order valence-corrected chi connectivity index (χ3v) is 3.77. The van der Waals surface area contributed by atoms with Crippen LogP contribution in [-0.2, 0) is 9.47 Å². The van der Waals surface area contributed by atoms with Crippen LogP contribution in [0, 0.1) is 0 Å². The summed E-state index contributed by atoms with van der Waals surface area (Å²) in [5.41, 5.74) is -0.793. The van der Waals surface area contributed by atoms with E-state index in [0.717, 1.165) is 19.4 Å². The SMILES string of the molecule is C/C=C/CCCN(C)COc1cc(C(=O)OC(C)(C)C)cc(C(=O)OC(C)(C)C)c1.